The highest BCUT2D eigenvalue weighted by atomic mass is 19.1. The normalized spacial score (nSPS) is 21.5. The van der Waals surface area contributed by atoms with Crippen LogP contribution in [0.25, 0.3) is 0 Å². The van der Waals surface area contributed by atoms with Gasteiger partial charge in [-0.05, 0) is 77.5 Å². The minimum atomic E-state index is -0.812. The molecule has 2 aliphatic heterocycles. The van der Waals surface area contributed by atoms with E-state index in [4.69, 9.17) is 4.74 Å². The number of benzene rings is 1. The molecule has 3 fully saturated rings. The van der Waals surface area contributed by atoms with E-state index >= 15 is 0 Å². The summed E-state index contributed by atoms with van der Waals surface area (Å²) in [6.07, 6.45) is 7.53. The second-order valence-corrected chi connectivity index (χ2v) is 14.3. The third-order valence-electron chi connectivity index (χ3n) is 9.42. The van der Waals surface area contributed by atoms with Gasteiger partial charge in [-0.15, -0.1) is 0 Å². The molecular weight excluding hydrogens is 563 g/mol. The minimum Gasteiger partial charge on any atom is -0.465 e. The minimum absolute atomic E-state index is 0.116. The fourth-order valence-corrected chi connectivity index (χ4v) is 7.30. The number of halogens is 1. The van der Waals surface area contributed by atoms with Crippen LogP contribution in [0.15, 0.2) is 30.7 Å². The predicted octanol–water partition coefficient (Wildman–Crippen LogP) is 5.88. The molecule has 0 atom stereocenters. The van der Waals surface area contributed by atoms with Crippen molar-refractivity contribution in [2.45, 2.75) is 78.3 Å². The van der Waals surface area contributed by atoms with Crippen LogP contribution in [0.2, 0.25) is 0 Å². The summed E-state index contributed by atoms with van der Waals surface area (Å²) in [7, 11) is 1.62. The zero-order valence-corrected chi connectivity index (χ0v) is 26.9. The lowest BCUT2D eigenvalue weighted by atomic mass is 9.72. The summed E-state index contributed by atoms with van der Waals surface area (Å²) < 4.78 is 20.4. The molecule has 1 aromatic carbocycles. The highest BCUT2D eigenvalue weighted by molar-refractivity contribution is 5.95. The van der Waals surface area contributed by atoms with Crippen LogP contribution in [-0.2, 0) is 4.79 Å². The second kappa shape index (κ2) is 12.5. The number of likely N-dealkylation sites (tertiary alicyclic amines) is 1. The zero-order chi connectivity index (χ0) is 31.8. The maximum Gasteiger partial charge on any atom is 0.407 e. The summed E-state index contributed by atoms with van der Waals surface area (Å²) in [4.78, 5) is 41.0. The largest absolute Gasteiger partial charge is 0.465 e. The van der Waals surface area contributed by atoms with E-state index in [2.05, 4.69) is 19.8 Å². The SMILES string of the molecule is CC(C)C(=O)N(C)c1cc(F)ccc1Oc1cncnc1N1CC2(CN(CCC3CCC(N(C(=O)O)C(C)(C)C)CC3)C2)C1. The lowest BCUT2D eigenvalue weighted by Crippen LogP contribution is -2.72. The van der Waals surface area contributed by atoms with Crippen LogP contribution < -0.4 is 14.5 Å². The number of anilines is 2. The molecule has 240 valence electrons. The van der Waals surface area contributed by atoms with Crippen molar-refractivity contribution in [3.63, 3.8) is 0 Å². The van der Waals surface area contributed by atoms with Crippen LogP contribution in [0.4, 0.5) is 20.7 Å². The van der Waals surface area contributed by atoms with E-state index in [1.165, 1.54) is 29.4 Å². The van der Waals surface area contributed by atoms with E-state index in [-0.39, 0.29) is 28.8 Å². The molecular formula is C33H47FN6O4. The highest BCUT2D eigenvalue weighted by Crippen LogP contribution is 2.45. The molecule has 0 bridgehead atoms. The maximum absolute atomic E-state index is 14.2. The Morgan fingerprint density at radius 3 is 2.41 bits per heavy atom. The molecule has 0 unspecified atom stereocenters. The van der Waals surface area contributed by atoms with Gasteiger partial charge in [-0.1, -0.05) is 13.8 Å². The Morgan fingerprint density at radius 2 is 1.80 bits per heavy atom. The molecule has 0 radical (unpaired) electrons. The van der Waals surface area contributed by atoms with Gasteiger partial charge in [-0.25, -0.2) is 19.2 Å². The Balaban J connectivity index is 1.12. The number of aromatic nitrogens is 2. The van der Waals surface area contributed by atoms with Crippen molar-refractivity contribution in [3.05, 3.63) is 36.5 Å². The first kappa shape index (κ1) is 31.9. The van der Waals surface area contributed by atoms with Gasteiger partial charge in [0, 0.05) is 62.2 Å². The average molecular weight is 611 g/mol. The summed E-state index contributed by atoms with van der Waals surface area (Å²) >= 11 is 0. The first-order valence-electron chi connectivity index (χ1n) is 15.8. The monoisotopic (exact) mass is 610 g/mol. The summed E-state index contributed by atoms with van der Waals surface area (Å²) in [5.74, 6) is 1.36. The molecule has 2 saturated heterocycles. The van der Waals surface area contributed by atoms with Crippen molar-refractivity contribution in [2.75, 3.05) is 49.6 Å². The van der Waals surface area contributed by atoms with Crippen molar-refractivity contribution >= 4 is 23.5 Å². The summed E-state index contributed by atoms with van der Waals surface area (Å²) in [5.41, 5.74) is 0.230. The van der Waals surface area contributed by atoms with Crippen LogP contribution in [0.1, 0.15) is 66.7 Å². The molecule has 2 aromatic rings. The van der Waals surface area contributed by atoms with Crippen LogP contribution >= 0.6 is 0 Å². The lowest BCUT2D eigenvalue weighted by molar-refractivity contribution is -0.121. The topological polar surface area (TPSA) is 102 Å². The third kappa shape index (κ3) is 6.77. The first-order chi connectivity index (χ1) is 20.8. The van der Waals surface area contributed by atoms with Crippen LogP contribution in [0, 0.1) is 23.1 Å². The van der Waals surface area contributed by atoms with E-state index < -0.39 is 11.9 Å². The Labute approximate surface area is 260 Å². The molecule has 1 aliphatic carbocycles. The van der Waals surface area contributed by atoms with Crippen molar-refractivity contribution < 1.29 is 23.8 Å². The van der Waals surface area contributed by atoms with Gasteiger partial charge in [-0.2, -0.15) is 0 Å². The van der Waals surface area contributed by atoms with E-state index in [0.717, 1.165) is 64.8 Å². The lowest BCUT2D eigenvalue weighted by Gasteiger charge is -2.61. The summed E-state index contributed by atoms with van der Waals surface area (Å²) in [6.45, 7) is 14.5. The summed E-state index contributed by atoms with van der Waals surface area (Å²) in [5, 5.41) is 9.74. The van der Waals surface area contributed by atoms with Gasteiger partial charge < -0.3 is 29.4 Å². The number of rotatable bonds is 9. The van der Waals surface area contributed by atoms with Crippen molar-refractivity contribution in [1.82, 2.24) is 19.8 Å². The van der Waals surface area contributed by atoms with Crippen LogP contribution in [0.5, 0.6) is 11.5 Å². The fourth-order valence-electron chi connectivity index (χ4n) is 7.30. The Hall–Kier alpha value is -3.47. The van der Waals surface area contributed by atoms with Crippen molar-refractivity contribution in [3.8, 4) is 11.5 Å². The Morgan fingerprint density at radius 1 is 1.11 bits per heavy atom. The van der Waals surface area contributed by atoms with Crippen LogP contribution in [0.3, 0.4) is 0 Å². The van der Waals surface area contributed by atoms with Gasteiger partial charge in [-0.3, -0.25) is 4.79 Å². The third-order valence-corrected chi connectivity index (χ3v) is 9.42. The first-order valence-corrected chi connectivity index (χ1v) is 15.8. The number of hydrogen-bond donors (Lipinski definition) is 1. The maximum atomic E-state index is 14.2. The molecule has 11 heteroatoms. The van der Waals surface area contributed by atoms with Crippen LogP contribution in [-0.4, -0.2) is 88.2 Å². The number of amides is 2. The average Bonchev–Trinajstić information content (AvgIpc) is 2.92. The fraction of sp³-hybridized carbons (Fsp3) is 0.636. The second-order valence-electron chi connectivity index (χ2n) is 14.3. The molecule has 5 rings (SSSR count). The smallest absolute Gasteiger partial charge is 0.407 e. The number of nitrogens with zero attached hydrogens (tertiary/aromatic N) is 6. The number of hydrogen-bond acceptors (Lipinski definition) is 7. The van der Waals surface area contributed by atoms with E-state index in [9.17, 15) is 19.1 Å². The molecule has 2 amide bonds. The Kier molecular flexibility index (Phi) is 9.07. The van der Waals surface area contributed by atoms with E-state index in [0.29, 0.717) is 28.9 Å². The molecule has 3 heterocycles. The quantitative estimate of drug-likeness (QED) is 0.376. The van der Waals surface area contributed by atoms with Gasteiger partial charge in [0.2, 0.25) is 5.91 Å². The standard InChI is InChI=1S/C33H47FN6O4/c1-22(2)30(41)37(6)26-15-24(34)9-12-27(26)44-28-16-35-21-36-29(28)39-19-33(20-39)17-38(18-33)14-13-23-7-10-25(11-8-23)40(31(42)43)32(3,4)5/h9,12,15-16,21-23,25H,7-8,10-11,13-14,17-20H2,1-6H3,(H,42,43). The van der Waals surface area contributed by atoms with E-state index in [1.54, 1.807) is 32.0 Å². The Bertz CT molecular complexity index is 1340. The number of carbonyl (C=O) groups excluding carboxylic acids is 1. The molecule has 1 saturated carbocycles. The molecule has 44 heavy (non-hydrogen) atoms. The highest BCUT2D eigenvalue weighted by Gasteiger charge is 2.52. The van der Waals surface area contributed by atoms with Crippen molar-refractivity contribution in [2.24, 2.45) is 17.3 Å². The van der Waals surface area contributed by atoms with Gasteiger partial charge in [0.1, 0.15) is 12.1 Å². The number of carboxylic acid groups (broad SMARTS) is 1. The number of carbonyl (C=O) groups is 2. The van der Waals surface area contributed by atoms with Gasteiger partial charge >= 0.3 is 6.09 Å². The molecule has 10 nitrogen and oxygen atoms in total. The zero-order valence-electron chi connectivity index (χ0n) is 26.9. The molecule has 1 aromatic heterocycles. The van der Waals surface area contributed by atoms with Gasteiger partial charge in [0.05, 0.1) is 11.9 Å². The predicted molar refractivity (Wildman–Crippen MR) is 168 cm³/mol. The van der Waals surface area contributed by atoms with Gasteiger partial charge in [0.25, 0.3) is 0 Å². The van der Waals surface area contributed by atoms with Crippen molar-refractivity contribution in [1.29, 1.82) is 0 Å². The molecule has 1 spiro atoms. The molecule has 1 N–H and O–H groups in total. The molecule has 3 aliphatic rings. The van der Waals surface area contributed by atoms with Gasteiger partial charge in [0.15, 0.2) is 17.3 Å². The van der Waals surface area contributed by atoms with E-state index in [1.807, 2.05) is 20.8 Å². The number of ether oxygens (including phenoxy) is 1. The summed E-state index contributed by atoms with van der Waals surface area (Å²) in [6, 6.07) is 4.28.